The van der Waals surface area contributed by atoms with E-state index in [2.05, 4.69) is 25.7 Å². The number of aromatic nitrogens is 1. The van der Waals surface area contributed by atoms with Crippen LogP contribution in [0, 0.1) is 0 Å². The number of nitrogens with two attached hydrogens (primary N) is 1. The van der Waals surface area contributed by atoms with Gasteiger partial charge in [-0.15, -0.1) is 0 Å². The van der Waals surface area contributed by atoms with Crippen LogP contribution in [0.5, 0.6) is 0 Å². The first-order valence-electron chi connectivity index (χ1n) is 4.74. The fourth-order valence-corrected chi connectivity index (χ4v) is 2.13. The molecule has 16 heavy (non-hydrogen) atoms. The van der Waals surface area contributed by atoms with Crippen molar-refractivity contribution in [3.63, 3.8) is 0 Å². The fourth-order valence-electron chi connectivity index (χ4n) is 1.65. The summed E-state index contributed by atoms with van der Waals surface area (Å²) in [5, 5.41) is 0.923. The monoisotopic (exact) mass is 282 g/mol. The number of aromatic amines is 1. The van der Waals surface area contributed by atoms with Crippen molar-refractivity contribution in [2.75, 3.05) is 7.11 Å². The molecule has 2 aromatic rings. The summed E-state index contributed by atoms with van der Waals surface area (Å²) in [6, 6.07) is 4.97. The van der Waals surface area contributed by atoms with E-state index in [0.717, 1.165) is 20.9 Å². The van der Waals surface area contributed by atoms with E-state index in [9.17, 15) is 4.79 Å². The number of ether oxygens (including phenoxy) is 1. The minimum absolute atomic E-state index is 0.444. The Kier molecular flexibility index (Phi) is 2.98. The van der Waals surface area contributed by atoms with Gasteiger partial charge in [0.15, 0.2) is 0 Å². The largest absolute Gasteiger partial charge is 0.468 e. The van der Waals surface area contributed by atoms with Crippen LogP contribution < -0.4 is 5.73 Å². The quantitative estimate of drug-likeness (QED) is 0.829. The Labute approximate surface area is 101 Å². The lowest BCUT2D eigenvalue weighted by molar-refractivity contribution is -0.142. The van der Waals surface area contributed by atoms with Crippen molar-refractivity contribution >= 4 is 32.8 Å². The van der Waals surface area contributed by atoms with Gasteiger partial charge in [0.25, 0.3) is 0 Å². The summed E-state index contributed by atoms with van der Waals surface area (Å²) in [5.41, 5.74) is 7.47. The third-order valence-corrected chi connectivity index (χ3v) is 3.15. The van der Waals surface area contributed by atoms with Crippen LogP contribution in [0.15, 0.2) is 28.9 Å². The van der Waals surface area contributed by atoms with Crippen LogP contribution in [0.2, 0.25) is 0 Å². The van der Waals surface area contributed by atoms with Crippen molar-refractivity contribution in [1.29, 1.82) is 0 Å². The third-order valence-electron chi connectivity index (χ3n) is 2.49. The number of carbonyl (C=O) groups excluding carboxylic acids is 1. The molecule has 0 radical (unpaired) electrons. The van der Waals surface area contributed by atoms with Gasteiger partial charge in [0.05, 0.1) is 12.6 Å². The normalized spacial score (nSPS) is 12.7. The van der Waals surface area contributed by atoms with E-state index < -0.39 is 12.0 Å². The molecule has 0 aliphatic carbocycles. The molecule has 0 amide bonds. The number of halogens is 1. The van der Waals surface area contributed by atoms with E-state index in [0.29, 0.717) is 0 Å². The molecule has 5 heteroatoms. The van der Waals surface area contributed by atoms with Crippen molar-refractivity contribution in [2.45, 2.75) is 6.04 Å². The van der Waals surface area contributed by atoms with Crippen LogP contribution >= 0.6 is 15.9 Å². The van der Waals surface area contributed by atoms with E-state index in [1.54, 1.807) is 6.20 Å². The zero-order chi connectivity index (χ0) is 11.7. The summed E-state index contributed by atoms with van der Waals surface area (Å²) >= 11 is 3.43. The average Bonchev–Trinajstić information content (AvgIpc) is 2.72. The molecule has 0 bridgehead atoms. The molecular formula is C11H11BrN2O2. The van der Waals surface area contributed by atoms with Gasteiger partial charge < -0.3 is 15.5 Å². The Morgan fingerprint density at radius 2 is 2.31 bits per heavy atom. The summed E-state index contributed by atoms with van der Waals surface area (Å²) < 4.78 is 5.56. The lowest BCUT2D eigenvalue weighted by atomic mass is 10.1. The molecule has 84 valence electrons. The van der Waals surface area contributed by atoms with Crippen LogP contribution in [0.3, 0.4) is 0 Å². The first kappa shape index (κ1) is 11.2. The zero-order valence-electron chi connectivity index (χ0n) is 8.66. The topological polar surface area (TPSA) is 68.1 Å². The first-order chi connectivity index (χ1) is 7.65. The molecular weight excluding hydrogens is 272 g/mol. The van der Waals surface area contributed by atoms with Crippen LogP contribution in [-0.4, -0.2) is 18.1 Å². The summed E-state index contributed by atoms with van der Waals surface area (Å²) in [6.07, 6.45) is 1.73. The minimum atomic E-state index is -0.756. The maximum absolute atomic E-state index is 11.4. The highest BCUT2D eigenvalue weighted by molar-refractivity contribution is 9.10. The van der Waals surface area contributed by atoms with Crippen molar-refractivity contribution in [3.8, 4) is 0 Å². The van der Waals surface area contributed by atoms with E-state index in [1.807, 2.05) is 18.2 Å². The number of nitrogens with one attached hydrogen (secondary N) is 1. The lowest BCUT2D eigenvalue weighted by Gasteiger charge is -2.07. The Morgan fingerprint density at radius 3 is 3.00 bits per heavy atom. The molecule has 1 atom stereocenters. The highest BCUT2D eigenvalue weighted by atomic mass is 79.9. The number of H-pyrrole nitrogens is 1. The number of hydrogen-bond donors (Lipinski definition) is 2. The van der Waals surface area contributed by atoms with Crippen LogP contribution in [0.4, 0.5) is 0 Å². The van der Waals surface area contributed by atoms with E-state index in [-0.39, 0.29) is 0 Å². The molecule has 1 unspecified atom stereocenters. The lowest BCUT2D eigenvalue weighted by Crippen LogP contribution is -2.22. The third kappa shape index (κ3) is 1.72. The van der Waals surface area contributed by atoms with Gasteiger partial charge in [-0.3, -0.25) is 4.79 Å². The van der Waals surface area contributed by atoms with Gasteiger partial charge in [-0.2, -0.15) is 0 Å². The second-order valence-corrected chi connectivity index (χ2v) is 4.26. The Hall–Kier alpha value is -1.33. The van der Waals surface area contributed by atoms with Crippen molar-refractivity contribution in [1.82, 2.24) is 4.98 Å². The number of rotatable bonds is 2. The van der Waals surface area contributed by atoms with Gasteiger partial charge in [0.2, 0.25) is 0 Å². The van der Waals surface area contributed by atoms with E-state index in [1.165, 1.54) is 7.11 Å². The highest BCUT2D eigenvalue weighted by Gasteiger charge is 2.20. The SMILES string of the molecule is COC(=O)C(N)c1c[nH]c2c(Br)cccc12. The number of benzene rings is 1. The molecule has 1 heterocycles. The number of hydrogen-bond acceptors (Lipinski definition) is 3. The second kappa shape index (κ2) is 4.27. The molecule has 0 aliphatic rings. The highest BCUT2D eigenvalue weighted by Crippen LogP contribution is 2.28. The number of fused-ring (bicyclic) bond motifs is 1. The maximum Gasteiger partial charge on any atom is 0.327 e. The summed E-state index contributed by atoms with van der Waals surface area (Å²) in [6.45, 7) is 0. The predicted octanol–water partition coefficient (Wildman–Crippen LogP) is 2.10. The van der Waals surface area contributed by atoms with E-state index in [4.69, 9.17) is 5.73 Å². The minimum Gasteiger partial charge on any atom is -0.468 e. The number of esters is 1. The van der Waals surface area contributed by atoms with Crippen LogP contribution in [0.1, 0.15) is 11.6 Å². The molecule has 0 saturated heterocycles. The van der Waals surface area contributed by atoms with Gasteiger partial charge >= 0.3 is 5.97 Å². The summed E-state index contributed by atoms with van der Waals surface area (Å²) in [5.74, 6) is -0.444. The average molecular weight is 283 g/mol. The zero-order valence-corrected chi connectivity index (χ0v) is 10.2. The van der Waals surface area contributed by atoms with Crippen molar-refractivity contribution < 1.29 is 9.53 Å². The van der Waals surface area contributed by atoms with Gasteiger partial charge in [-0.05, 0) is 22.0 Å². The van der Waals surface area contributed by atoms with Gasteiger partial charge in [0.1, 0.15) is 6.04 Å². The number of para-hydroxylation sites is 1. The molecule has 0 saturated carbocycles. The Bertz CT molecular complexity index is 536. The van der Waals surface area contributed by atoms with Crippen molar-refractivity contribution in [3.05, 3.63) is 34.4 Å². The standard InChI is InChI=1S/C11H11BrN2O2/c1-16-11(15)9(13)7-5-14-10-6(7)3-2-4-8(10)12/h2-5,9,14H,13H2,1H3. The molecule has 2 rings (SSSR count). The first-order valence-corrected chi connectivity index (χ1v) is 5.53. The van der Waals surface area contributed by atoms with Gasteiger partial charge in [-0.25, -0.2) is 0 Å². The molecule has 3 N–H and O–H groups in total. The van der Waals surface area contributed by atoms with E-state index >= 15 is 0 Å². The summed E-state index contributed by atoms with van der Waals surface area (Å²) in [4.78, 5) is 14.4. The molecule has 0 fully saturated rings. The Balaban J connectivity index is 2.54. The van der Waals surface area contributed by atoms with Crippen LogP contribution in [-0.2, 0) is 9.53 Å². The molecule has 4 nitrogen and oxygen atoms in total. The van der Waals surface area contributed by atoms with Crippen LogP contribution in [0.25, 0.3) is 10.9 Å². The maximum atomic E-state index is 11.4. The molecule has 1 aromatic carbocycles. The summed E-state index contributed by atoms with van der Waals surface area (Å²) in [7, 11) is 1.33. The Morgan fingerprint density at radius 1 is 1.56 bits per heavy atom. The predicted molar refractivity (Wildman–Crippen MR) is 64.9 cm³/mol. The molecule has 0 spiro atoms. The molecule has 1 aromatic heterocycles. The second-order valence-electron chi connectivity index (χ2n) is 3.41. The van der Waals surface area contributed by atoms with Gasteiger partial charge in [0, 0.05) is 21.6 Å². The van der Waals surface area contributed by atoms with Gasteiger partial charge in [-0.1, -0.05) is 12.1 Å². The molecule has 0 aliphatic heterocycles. The van der Waals surface area contributed by atoms with Crippen molar-refractivity contribution in [2.24, 2.45) is 5.73 Å². The number of carbonyl (C=O) groups is 1. The number of methoxy groups -OCH3 is 1. The smallest absolute Gasteiger partial charge is 0.327 e. The fraction of sp³-hybridized carbons (Fsp3) is 0.182.